The van der Waals surface area contributed by atoms with Crippen molar-refractivity contribution >= 4 is 5.91 Å². The maximum atomic E-state index is 12.0. The minimum Gasteiger partial charge on any atom is -0.497 e. The number of methoxy groups -OCH3 is 1. The van der Waals surface area contributed by atoms with Gasteiger partial charge in [-0.3, -0.25) is 4.79 Å². The molecule has 118 valence electrons. The van der Waals surface area contributed by atoms with Crippen molar-refractivity contribution in [2.75, 3.05) is 7.11 Å². The van der Waals surface area contributed by atoms with E-state index >= 15 is 0 Å². The summed E-state index contributed by atoms with van der Waals surface area (Å²) in [5.74, 6) is 1.26. The van der Waals surface area contributed by atoms with Gasteiger partial charge in [0.25, 0.3) is 5.91 Å². The van der Waals surface area contributed by atoms with Crippen LogP contribution in [0.15, 0.2) is 51.8 Å². The Hall–Kier alpha value is -3.09. The first kappa shape index (κ1) is 14.8. The van der Waals surface area contributed by atoms with Crippen LogP contribution in [0.1, 0.15) is 29.2 Å². The van der Waals surface area contributed by atoms with E-state index in [-0.39, 0.29) is 5.91 Å². The van der Waals surface area contributed by atoms with Crippen LogP contribution in [0, 0.1) is 0 Å². The summed E-state index contributed by atoms with van der Waals surface area (Å²) >= 11 is 0. The minimum atomic E-state index is -0.420. The second-order valence-corrected chi connectivity index (χ2v) is 4.89. The number of hydrogen-bond acceptors (Lipinski definition) is 6. The van der Waals surface area contributed by atoms with Crippen molar-refractivity contribution in [3.8, 4) is 17.1 Å². The highest BCUT2D eigenvalue weighted by atomic mass is 16.5. The smallest absolute Gasteiger partial charge is 0.255 e. The molecule has 0 bridgehead atoms. The summed E-state index contributed by atoms with van der Waals surface area (Å²) in [6.45, 7) is 1.77. The van der Waals surface area contributed by atoms with Gasteiger partial charge in [-0.05, 0) is 37.3 Å². The third kappa shape index (κ3) is 3.23. The molecule has 1 atom stereocenters. The molecule has 23 heavy (non-hydrogen) atoms. The van der Waals surface area contributed by atoms with Crippen LogP contribution in [0.5, 0.6) is 5.75 Å². The van der Waals surface area contributed by atoms with Crippen molar-refractivity contribution in [2.45, 2.75) is 13.0 Å². The van der Waals surface area contributed by atoms with Crippen molar-refractivity contribution in [2.24, 2.45) is 0 Å². The number of aromatic nitrogens is 2. The van der Waals surface area contributed by atoms with Gasteiger partial charge < -0.3 is 19.0 Å². The number of hydrogen-bond donors (Lipinski definition) is 1. The molecule has 0 spiro atoms. The summed E-state index contributed by atoms with van der Waals surface area (Å²) in [5, 5.41) is 6.70. The lowest BCUT2D eigenvalue weighted by Crippen LogP contribution is -2.26. The van der Waals surface area contributed by atoms with Gasteiger partial charge in [-0.15, -0.1) is 0 Å². The third-order valence-corrected chi connectivity index (χ3v) is 3.29. The SMILES string of the molecule is COc1ccc(-c2noc([C@H](C)NC(=O)c3ccoc3)n2)cc1. The topological polar surface area (TPSA) is 90.4 Å². The zero-order valence-electron chi connectivity index (χ0n) is 12.6. The lowest BCUT2D eigenvalue weighted by atomic mass is 10.2. The van der Waals surface area contributed by atoms with E-state index in [4.69, 9.17) is 13.7 Å². The van der Waals surface area contributed by atoms with Gasteiger partial charge in [0.05, 0.1) is 18.9 Å². The molecule has 1 N–H and O–H groups in total. The number of furan rings is 1. The second-order valence-electron chi connectivity index (χ2n) is 4.89. The van der Waals surface area contributed by atoms with E-state index in [2.05, 4.69) is 15.5 Å². The van der Waals surface area contributed by atoms with Crippen molar-refractivity contribution in [3.63, 3.8) is 0 Å². The Morgan fingerprint density at radius 2 is 2.04 bits per heavy atom. The molecule has 0 saturated heterocycles. The summed E-state index contributed by atoms with van der Waals surface area (Å²) in [6, 6.07) is 8.46. The normalized spacial score (nSPS) is 11.9. The molecular weight excluding hydrogens is 298 g/mol. The number of rotatable bonds is 5. The number of benzene rings is 1. The van der Waals surface area contributed by atoms with Gasteiger partial charge in [-0.25, -0.2) is 0 Å². The standard InChI is InChI=1S/C16H15N3O4/c1-10(17-15(20)12-7-8-22-9-12)16-18-14(19-23-16)11-3-5-13(21-2)6-4-11/h3-10H,1-2H3,(H,17,20)/t10-/m0/s1. The summed E-state index contributed by atoms with van der Waals surface area (Å²) in [7, 11) is 1.60. The number of carbonyl (C=O) groups excluding carboxylic acids is 1. The number of nitrogens with one attached hydrogen (secondary N) is 1. The molecule has 0 fully saturated rings. The van der Waals surface area contributed by atoms with Crippen LogP contribution in [0.2, 0.25) is 0 Å². The van der Waals surface area contributed by atoms with Crippen LogP contribution >= 0.6 is 0 Å². The van der Waals surface area contributed by atoms with Gasteiger partial charge in [-0.1, -0.05) is 5.16 Å². The molecular formula is C16H15N3O4. The van der Waals surface area contributed by atoms with Crippen LogP contribution in [0.4, 0.5) is 0 Å². The maximum absolute atomic E-state index is 12.0. The van der Waals surface area contributed by atoms with Crippen molar-refractivity contribution in [1.82, 2.24) is 15.5 Å². The predicted molar refractivity (Wildman–Crippen MR) is 80.9 cm³/mol. The van der Waals surface area contributed by atoms with E-state index in [1.54, 1.807) is 20.1 Å². The van der Waals surface area contributed by atoms with E-state index in [0.29, 0.717) is 17.3 Å². The molecule has 3 rings (SSSR count). The molecule has 0 aliphatic carbocycles. The second kappa shape index (κ2) is 6.35. The van der Waals surface area contributed by atoms with E-state index < -0.39 is 6.04 Å². The monoisotopic (exact) mass is 313 g/mol. The van der Waals surface area contributed by atoms with Crippen molar-refractivity contribution in [3.05, 3.63) is 54.3 Å². The third-order valence-electron chi connectivity index (χ3n) is 3.29. The van der Waals surface area contributed by atoms with Crippen LogP contribution in [-0.2, 0) is 0 Å². The molecule has 0 unspecified atom stereocenters. The zero-order chi connectivity index (χ0) is 16.2. The van der Waals surface area contributed by atoms with E-state index in [0.717, 1.165) is 11.3 Å². The predicted octanol–water partition coefficient (Wildman–Crippen LogP) is 2.83. The Bertz CT molecular complexity index is 778. The average Bonchev–Trinajstić information content (AvgIpc) is 3.26. The van der Waals surface area contributed by atoms with Crippen LogP contribution < -0.4 is 10.1 Å². The summed E-state index contributed by atoms with van der Waals surface area (Å²) < 4.78 is 15.2. The average molecular weight is 313 g/mol. The Labute approximate surface area is 132 Å². The van der Waals surface area contributed by atoms with Crippen molar-refractivity contribution < 1.29 is 18.5 Å². The first-order chi connectivity index (χ1) is 11.2. The maximum Gasteiger partial charge on any atom is 0.255 e. The minimum absolute atomic E-state index is 0.268. The Balaban J connectivity index is 1.71. The molecule has 0 aliphatic heterocycles. The highest BCUT2D eigenvalue weighted by Crippen LogP contribution is 2.21. The van der Waals surface area contributed by atoms with Crippen LogP contribution in [0.3, 0.4) is 0 Å². The quantitative estimate of drug-likeness (QED) is 0.779. The van der Waals surface area contributed by atoms with Gasteiger partial charge in [0, 0.05) is 5.56 Å². The van der Waals surface area contributed by atoms with Gasteiger partial charge in [0.15, 0.2) is 0 Å². The summed E-state index contributed by atoms with van der Waals surface area (Å²) in [5.41, 5.74) is 1.24. The number of nitrogens with zero attached hydrogens (tertiary/aromatic N) is 2. The van der Waals surface area contributed by atoms with E-state index in [1.807, 2.05) is 24.3 Å². The highest BCUT2D eigenvalue weighted by Gasteiger charge is 2.18. The van der Waals surface area contributed by atoms with E-state index in [1.165, 1.54) is 12.5 Å². The Morgan fingerprint density at radius 3 is 2.70 bits per heavy atom. The van der Waals surface area contributed by atoms with Gasteiger partial charge in [-0.2, -0.15) is 4.98 Å². The number of carbonyl (C=O) groups is 1. The molecule has 7 heteroatoms. The van der Waals surface area contributed by atoms with Gasteiger partial charge in [0.2, 0.25) is 11.7 Å². The fourth-order valence-corrected chi connectivity index (χ4v) is 2.00. The number of ether oxygens (including phenoxy) is 1. The highest BCUT2D eigenvalue weighted by molar-refractivity contribution is 5.93. The molecule has 1 amide bonds. The fourth-order valence-electron chi connectivity index (χ4n) is 2.00. The molecule has 3 aromatic rings. The first-order valence-electron chi connectivity index (χ1n) is 6.98. The largest absolute Gasteiger partial charge is 0.497 e. The van der Waals surface area contributed by atoms with Crippen LogP contribution in [0.25, 0.3) is 11.4 Å². The first-order valence-corrected chi connectivity index (χ1v) is 6.98. The fraction of sp³-hybridized carbons (Fsp3) is 0.188. The summed E-state index contributed by atoms with van der Waals surface area (Å²) in [6.07, 6.45) is 2.81. The molecule has 0 radical (unpaired) electrons. The van der Waals surface area contributed by atoms with E-state index in [9.17, 15) is 4.79 Å². The lowest BCUT2D eigenvalue weighted by Gasteiger charge is -2.07. The Morgan fingerprint density at radius 1 is 1.26 bits per heavy atom. The van der Waals surface area contributed by atoms with Crippen molar-refractivity contribution in [1.29, 1.82) is 0 Å². The van der Waals surface area contributed by atoms with Gasteiger partial charge >= 0.3 is 0 Å². The molecule has 7 nitrogen and oxygen atoms in total. The zero-order valence-corrected chi connectivity index (χ0v) is 12.6. The summed E-state index contributed by atoms with van der Waals surface area (Å²) in [4.78, 5) is 16.3. The number of amides is 1. The lowest BCUT2D eigenvalue weighted by molar-refractivity contribution is 0.0932. The van der Waals surface area contributed by atoms with Crippen LogP contribution in [-0.4, -0.2) is 23.2 Å². The molecule has 1 aromatic carbocycles. The molecule has 2 aromatic heterocycles. The molecule has 0 aliphatic rings. The van der Waals surface area contributed by atoms with Gasteiger partial charge in [0.1, 0.15) is 18.1 Å². The molecule has 2 heterocycles. The molecule has 0 saturated carbocycles. The Kier molecular flexibility index (Phi) is 4.09.